The van der Waals surface area contributed by atoms with Gasteiger partial charge in [0.25, 0.3) is 0 Å². The van der Waals surface area contributed by atoms with Gasteiger partial charge >= 0.3 is 0 Å². The van der Waals surface area contributed by atoms with Gasteiger partial charge in [-0.3, -0.25) is 9.79 Å². The molecule has 1 amide bonds. The molecule has 0 aromatic carbocycles. The van der Waals surface area contributed by atoms with Crippen LogP contribution in [0.5, 0.6) is 0 Å². The zero-order valence-corrected chi connectivity index (χ0v) is 16.2. The minimum atomic E-state index is -0.193. The lowest BCUT2D eigenvalue weighted by Gasteiger charge is -2.35. The number of likely N-dealkylation sites (tertiary alicyclic amines) is 2. The lowest BCUT2D eigenvalue weighted by atomic mass is 9.95. The van der Waals surface area contributed by atoms with Crippen molar-refractivity contribution in [3.63, 3.8) is 0 Å². The summed E-state index contributed by atoms with van der Waals surface area (Å²) in [6.07, 6.45) is 9.18. The van der Waals surface area contributed by atoms with Crippen LogP contribution in [0.15, 0.2) is 4.99 Å². The highest BCUT2D eigenvalue weighted by molar-refractivity contribution is 5.80. The number of aliphatic imine (C=N–C) groups is 1. The smallest absolute Gasteiger partial charge is 0.217 e. The molecule has 2 aliphatic heterocycles. The fourth-order valence-corrected chi connectivity index (χ4v) is 4.17. The molecule has 3 N–H and O–H groups in total. The predicted molar refractivity (Wildman–Crippen MR) is 104 cm³/mol. The molecule has 2 unspecified atom stereocenters. The van der Waals surface area contributed by atoms with Crippen molar-refractivity contribution in [2.45, 2.75) is 64.3 Å². The van der Waals surface area contributed by atoms with Crippen LogP contribution in [0.3, 0.4) is 0 Å². The summed E-state index contributed by atoms with van der Waals surface area (Å²) < 4.78 is 0. The van der Waals surface area contributed by atoms with Crippen LogP contribution in [0.1, 0.15) is 58.3 Å². The Bertz CT molecular complexity index is 440. The number of primary amides is 1. The van der Waals surface area contributed by atoms with Gasteiger partial charge in [0.15, 0.2) is 5.96 Å². The van der Waals surface area contributed by atoms with E-state index in [0.29, 0.717) is 12.3 Å². The summed E-state index contributed by atoms with van der Waals surface area (Å²) in [5, 5.41) is 3.50. The Kier molecular flexibility index (Phi) is 8.52. The first-order valence-corrected chi connectivity index (χ1v) is 10.1. The van der Waals surface area contributed by atoms with Crippen LogP contribution >= 0.6 is 0 Å². The van der Waals surface area contributed by atoms with Gasteiger partial charge in [0, 0.05) is 39.1 Å². The van der Waals surface area contributed by atoms with Crippen molar-refractivity contribution in [3.8, 4) is 0 Å². The van der Waals surface area contributed by atoms with Crippen molar-refractivity contribution < 1.29 is 4.79 Å². The molecule has 2 fully saturated rings. The molecule has 0 radical (unpaired) electrons. The molecule has 2 atom stereocenters. The van der Waals surface area contributed by atoms with Crippen LogP contribution in [0.25, 0.3) is 0 Å². The number of nitrogens with two attached hydrogens (primary N) is 1. The van der Waals surface area contributed by atoms with Crippen molar-refractivity contribution in [2.75, 3.05) is 39.8 Å². The summed E-state index contributed by atoms with van der Waals surface area (Å²) in [6, 6.07) is 0.755. The van der Waals surface area contributed by atoms with Gasteiger partial charge in [-0.25, -0.2) is 0 Å². The number of guanidine groups is 1. The van der Waals surface area contributed by atoms with Crippen LogP contribution in [-0.2, 0) is 4.79 Å². The standard InChI is InChI=1S/C19H37N5O/c1-16-8-3-5-11-23(16)12-6-4-10-22-19(21-2)24-13-7-9-17(15-24)14-18(20)25/h16-17H,3-15H2,1-2H3,(H2,20,25)(H,21,22). The van der Waals surface area contributed by atoms with E-state index in [1.807, 2.05) is 7.05 Å². The number of carbonyl (C=O) groups is 1. The Morgan fingerprint density at radius 3 is 2.76 bits per heavy atom. The number of amides is 1. The van der Waals surface area contributed by atoms with Crippen molar-refractivity contribution in [1.82, 2.24) is 15.1 Å². The molecule has 0 saturated carbocycles. The van der Waals surface area contributed by atoms with Crippen molar-refractivity contribution in [1.29, 1.82) is 0 Å². The second kappa shape index (κ2) is 10.6. The van der Waals surface area contributed by atoms with Crippen molar-refractivity contribution in [3.05, 3.63) is 0 Å². The maximum absolute atomic E-state index is 11.2. The number of unbranched alkanes of at least 4 members (excludes halogenated alkanes) is 1. The number of hydrogen-bond acceptors (Lipinski definition) is 3. The second-order valence-electron chi connectivity index (χ2n) is 7.69. The van der Waals surface area contributed by atoms with Crippen LogP contribution in [0, 0.1) is 5.92 Å². The lowest BCUT2D eigenvalue weighted by molar-refractivity contribution is -0.119. The average Bonchev–Trinajstić information content (AvgIpc) is 2.59. The number of carbonyl (C=O) groups excluding carboxylic acids is 1. The normalized spacial score (nSPS) is 25.8. The molecule has 6 heteroatoms. The Balaban J connectivity index is 1.65. The predicted octanol–water partition coefficient (Wildman–Crippen LogP) is 1.80. The van der Waals surface area contributed by atoms with Crippen molar-refractivity contribution in [2.24, 2.45) is 16.6 Å². The highest BCUT2D eigenvalue weighted by Crippen LogP contribution is 2.19. The van der Waals surface area contributed by atoms with E-state index in [1.165, 1.54) is 45.2 Å². The summed E-state index contributed by atoms with van der Waals surface area (Å²) >= 11 is 0. The van der Waals surface area contributed by atoms with Gasteiger partial charge in [0.1, 0.15) is 0 Å². The Morgan fingerprint density at radius 2 is 2.04 bits per heavy atom. The first-order chi connectivity index (χ1) is 12.1. The van der Waals surface area contributed by atoms with E-state index in [1.54, 1.807) is 0 Å². The van der Waals surface area contributed by atoms with Crippen LogP contribution in [0.4, 0.5) is 0 Å². The lowest BCUT2D eigenvalue weighted by Crippen LogP contribution is -2.47. The SMILES string of the molecule is CN=C(NCCCCN1CCCCC1C)N1CCCC(CC(N)=O)C1. The first-order valence-electron chi connectivity index (χ1n) is 10.1. The molecule has 0 aromatic rings. The maximum Gasteiger partial charge on any atom is 0.217 e. The molecule has 2 aliphatic rings. The van der Waals surface area contributed by atoms with Gasteiger partial charge in [-0.15, -0.1) is 0 Å². The number of nitrogens with one attached hydrogen (secondary N) is 1. The quantitative estimate of drug-likeness (QED) is 0.417. The third kappa shape index (κ3) is 6.84. The summed E-state index contributed by atoms with van der Waals surface area (Å²) in [4.78, 5) is 20.5. The van der Waals surface area contributed by atoms with Crippen molar-refractivity contribution >= 4 is 11.9 Å². The molecule has 0 aromatic heterocycles. The Hall–Kier alpha value is -1.30. The average molecular weight is 352 g/mol. The number of rotatable bonds is 7. The van der Waals surface area contributed by atoms with Gasteiger partial charge in [-0.1, -0.05) is 6.42 Å². The third-order valence-electron chi connectivity index (χ3n) is 5.62. The molecule has 0 spiro atoms. The zero-order chi connectivity index (χ0) is 18.1. The van der Waals surface area contributed by atoms with E-state index >= 15 is 0 Å². The van der Waals surface area contributed by atoms with E-state index in [9.17, 15) is 4.79 Å². The summed E-state index contributed by atoms with van der Waals surface area (Å²) in [7, 11) is 1.84. The number of nitrogens with zero attached hydrogens (tertiary/aromatic N) is 3. The van der Waals surface area contributed by atoms with Crippen LogP contribution in [-0.4, -0.2) is 67.5 Å². The molecule has 2 rings (SSSR count). The molecular weight excluding hydrogens is 314 g/mol. The van der Waals surface area contributed by atoms with E-state index in [4.69, 9.17) is 5.73 Å². The van der Waals surface area contributed by atoms with E-state index in [0.717, 1.165) is 44.5 Å². The van der Waals surface area contributed by atoms with Gasteiger partial charge in [0.2, 0.25) is 5.91 Å². The summed E-state index contributed by atoms with van der Waals surface area (Å²) in [5.41, 5.74) is 5.35. The molecule has 0 bridgehead atoms. The highest BCUT2D eigenvalue weighted by Gasteiger charge is 2.23. The van der Waals surface area contributed by atoms with Crippen LogP contribution < -0.4 is 11.1 Å². The molecule has 6 nitrogen and oxygen atoms in total. The zero-order valence-electron chi connectivity index (χ0n) is 16.2. The molecule has 0 aliphatic carbocycles. The van der Waals surface area contributed by atoms with Gasteiger partial charge in [-0.05, 0) is 64.5 Å². The van der Waals surface area contributed by atoms with E-state index in [2.05, 4.69) is 27.0 Å². The fourth-order valence-electron chi connectivity index (χ4n) is 4.17. The van der Waals surface area contributed by atoms with E-state index < -0.39 is 0 Å². The van der Waals surface area contributed by atoms with Gasteiger partial charge in [-0.2, -0.15) is 0 Å². The van der Waals surface area contributed by atoms with E-state index in [-0.39, 0.29) is 5.91 Å². The Morgan fingerprint density at radius 1 is 1.20 bits per heavy atom. The summed E-state index contributed by atoms with van der Waals surface area (Å²) in [5.74, 6) is 1.15. The first kappa shape index (κ1) is 20.0. The molecule has 2 saturated heterocycles. The van der Waals surface area contributed by atoms with Crippen LogP contribution in [0.2, 0.25) is 0 Å². The third-order valence-corrected chi connectivity index (χ3v) is 5.62. The molecule has 2 heterocycles. The fraction of sp³-hybridized carbons (Fsp3) is 0.895. The molecular formula is C19H37N5O. The minimum absolute atomic E-state index is 0.193. The summed E-state index contributed by atoms with van der Waals surface area (Å²) in [6.45, 7) is 7.70. The largest absolute Gasteiger partial charge is 0.370 e. The maximum atomic E-state index is 11.2. The highest BCUT2D eigenvalue weighted by atomic mass is 16.1. The Labute approximate surface area is 153 Å². The monoisotopic (exact) mass is 351 g/mol. The topological polar surface area (TPSA) is 74.0 Å². The number of piperidine rings is 2. The number of hydrogen-bond donors (Lipinski definition) is 2. The molecule has 144 valence electrons. The van der Waals surface area contributed by atoms with Gasteiger partial charge < -0.3 is 20.9 Å². The second-order valence-corrected chi connectivity index (χ2v) is 7.69. The van der Waals surface area contributed by atoms with Gasteiger partial charge in [0.05, 0.1) is 0 Å². The molecule has 25 heavy (non-hydrogen) atoms. The minimum Gasteiger partial charge on any atom is -0.370 e.